The van der Waals surface area contributed by atoms with Crippen molar-refractivity contribution in [1.29, 1.82) is 0 Å². The number of anilines is 1. The van der Waals surface area contributed by atoms with E-state index < -0.39 is 0 Å². The summed E-state index contributed by atoms with van der Waals surface area (Å²) < 4.78 is 11.1. The summed E-state index contributed by atoms with van der Waals surface area (Å²) in [6.07, 6.45) is 3.66. The summed E-state index contributed by atoms with van der Waals surface area (Å²) in [5.74, 6) is 2.67. The minimum atomic E-state index is -0.0952. The summed E-state index contributed by atoms with van der Waals surface area (Å²) >= 11 is 0. The maximum atomic E-state index is 12.5. The molecule has 0 fully saturated rings. The van der Waals surface area contributed by atoms with Gasteiger partial charge in [0.25, 0.3) is 0 Å². The van der Waals surface area contributed by atoms with Crippen molar-refractivity contribution in [2.24, 2.45) is 0 Å². The highest BCUT2D eigenvalue weighted by atomic mass is 16.6. The first-order chi connectivity index (χ1) is 14.6. The molecule has 4 rings (SSSR count). The first-order valence-electron chi connectivity index (χ1n) is 9.69. The van der Waals surface area contributed by atoms with E-state index in [1.54, 1.807) is 12.4 Å². The molecule has 0 saturated carbocycles. The molecule has 0 atom stereocenters. The number of fused-ring (bicyclic) bond motifs is 1. The third-order valence-corrected chi connectivity index (χ3v) is 4.60. The number of aromatic nitrogens is 3. The Bertz CT molecular complexity index is 1040. The van der Waals surface area contributed by atoms with Gasteiger partial charge in [0, 0.05) is 38.1 Å². The van der Waals surface area contributed by atoms with Gasteiger partial charge in [0.1, 0.15) is 19.0 Å². The molecule has 0 aliphatic carbocycles. The number of pyridine rings is 1. The minimum Gasteiger partial charge on any atom is -0.486 e. The fourth-order valence-electron chi connectivity index (χ4n) is 3.07. The van der Waals surface area contributed by atoms with Gasteiger partial charge in [-0.3, -0.25) is 9.78 Å². The van der Waals surface area contributed by atoms with Gasteiger partial charge in [0.2, 0.25) is 5.91 Å². The second-order valence-corrected chi connectivity index (χ2v) is 7.10. The van der Waals surface area contributed by atoms with E-state index in [1.165, 1.54) is 0 Å². The minimum absolute atomic E-state index is 0.0952. The van der Waals surface area contributed by atoms with Gasteiger partial charge in [-0.25, -0.2) is 9.97 Å². The molecule has 2 aromatic heterocycles. The number of rotatable bonds is 6. The van der Waals surface area contributed by atoms with Gasteiger partial charge < -0.3 is 19.7 Å². The van der Waals surface area contributed by atoms with Gasteiger partial charge in [0.05, 0.1) is 18.7 Å². The summed E-state index contributed by atoms with van der Waals surface area (Å²) in [6.45, 7) is 1.37. The zero-order chi connectivity index (χ0) is 20.9. The zero-order valence-corrected chi connectivity index (χ0v) is 17.0. The van der Waals surface area contributed by atoms with Crippen LogP contribution in [0.3, 0.4) is 0 Å². The Balaban J connectivity index is 1.45. The van der Waals surface area contributed by atoms with E-state index in [1.807, 2.05) is 55.4 Å². The third-order valence-electron chi connectivity index (χ3n) is 4.60. The summed E-state index contributed by atoms with van der Waals surface area (Å²) in [6, 6.07) is 11.2. The van der Waals surface area contributed by atoms with Crippen LogP contribution in [0.4, 0.5) is 5.82 Å². The lowest BCUT2D eigenvalue weighted by molar-refractivity contribution is -0.120. The van der Waals surface area contributed by atoms with E-state index >= 15 is 0 Å². The molecule has 154 valence electrons. The van der Waals surface area contributed by atoms with Crippen LogP contribution in [0, 0.1) is 0 Å². The first kappa shape index (κ1) is 19.6. The van der Waals surface area contributed by atoms with Gasteiger partial charge in [-0.05, 0) is 29.8 Å². The van der Waals surface area contributed by atoms with Crippen molar-refractivity contribution < 1.29 is 14.3 Å². The Labute approximate surface area is 174 Å². The molecule has 0 spiro atoms. The number of amides is 1. The molecule has 3 heterocycles. The molecule has 1 aliphatic rings. The molecule has 1 N–H and O–H groups in total. The quantitative estimate of drug-likeness (QED) is 0.673. The summed E-state index contributed by atoms with van der Waals surface area (Å²) in [5, 5.41) is 2.94. The molecular weight excluding hydrogens is 382 g/mol. The number of ether oxygens (including phenoxy) is 2. The highest BCUT2D eigenvalue weighted by Crippen LogP contribution is 2.30. The Hall–Kier alpha value is -3.68. The maximum Gasteiger partial charge on any atom is 0.224 e. The van der Waals surface area contributed by atoms with Crippen LogP contribution in [0.25, 0.3) is 11.4 Å². The molecule has 30 heavy (non-hydrogen) atoms. The smallest absolute Gasteiger partial charge is 0.224 e. The fourth-order valence-corrected chi connectivity index (χ4v) is 3.07. The highest BCUT2D eigenvalue weighted by Gasteiger charge is 2.14. The number of benzene rings is 1. The van der Waals surface area contributed by atoms with Gasteiger partial charge in [-0.15, -0.1) is 0 Å². The normalized spacial score (nSPS) is 12.3. The monoisotopic (exact) mass is 405 g/mol. The second kappa shape index (κ2) is 8.77. The lowest BCUT2D eigenvalue weighted by Gasteiger charge is -2.18. The van der Waals surface area contributed by atoms with Gasteiger partial charge in [-0.2, -0.15) is 0 Å². The molecule has 8 heteroatoms. The zero-order valence-electron chi connectivity index (χ0n) is 17.0. The van der Waals surface area contributed by atoms with E-state index in [9.17, 15) is 4.79 Å². The number of hydrogen-bond acceptors (Lipinski definition) is 7. The summed E-state index contributed by atoms with van der Waals surface area (Å²) in [4.78, 5) is 27.6. The van der Waals surface area contributed by atoms with Crippen molar-refractivity contribution in [2.75, 3.05) is 32.2 Å². The number of nitrogens with one attached hydrogen (secondary N) is 1. The standard InChI is InChI=1S/C22H23N5O3/c1-27(2)20-13-17(25-22(26-20)16-5-7-23-8-6-16)14-24-21(28)12-15-3-4-18-19(11-15)30-10-9-29-18/h3-8,11,13H,9-10,12,14H2,1-2H3,(H,24,28). The Kier molecular flexibility index (Phi) is 5.74. The van der Waals surface area contributed by atoms with Crippen LogP contribution in [-0.4, -0.2) is 48.2 Å². The molecule has 1 aromatic carbocycles. The largest absolute Gasteiger partial charge is 0.486 e. The molecule has 0 bridgehead atoms. The highest BCUT2D eigenvalue weighted by molar-refractivity contribution is 5.78. The predicted molar refractivity (Wildman–Crippen MR) is 113 cm³/mol. The second-order valence-electron chi connectivity index (χ2n) is 7.10. The van der Waals surface area contributed by atoms with Crippen LogP contribution in [0.5, 0.6) is 11.5 Å². The van der Waals surface area contributed by atoms with Crippen LogP contribution < -0.4 is 19.7 Å². The Morgan fingerprint density at radius 2 is 1.80 bits per heavy atom. The van der Waals surface area contributed by atoms with Crippen LogP contribution in [0.2, 0.25) is 0 Å². The lowest BCUT2D eigenvalue weighted by atomic mass is 10.1. The number of carbonyl (C=O) groups is 1. The number of nitrogens with zero attached hydrogens (tertiary/aromatic N) is 4. The third kappa shape index (κ3) is 4.65. The van der Waals surface area contributed by atoms with E-state index in [2.05, 4.69) is 20.3 Å². The molecular formula is C22H23N5O3. The van der Waals surface area contributed by atoms with Crippen molar-refractivity contribution in [3.63, 3.8) is 0 Å². The Morgan fingerprint density at radius 3 is 2.57 bits per heavy atom. The number of hydrogen-bond donors (Lipinski definition) is 1. The van der Waals surface area contributed by atoms with Crippen molar-refractivity contribution in [2.45, 2.75) is 13.0 Å². The van der Waals surface area contributed by atoms with Crippen molar-refractivity contribution in [3.05, 3.63) is 60.0 Å². The van der Waals surface area contributed by atoms with E-state index in [-0.39, 0.29) is 12.3 Å². The molecule has 1 aliphatic heterocycles. The predicted octanol–water partition coefficient (Wildman–Crippen LogP) is 2.23. The van der Waals surface area contributed by atoms with Gasteiger partial charge >= 0.3 is 0 Å². The average molecular weight is 405 g/mol. The average Bonchev–Trinajstić information content (AvgIpc) is 2.78. The maximum absolute atomic E-state index is 12.5. The molecule has 0 saturated heterocycles. The topological polar surface area (TPSA) is 89.5 Å². The van der Waals surface area contributed by atoms with Crippen LogP contribution in [0.15, 0.2) is 48.8 Å². The van der Waals surface area contributed by atoms with Crippen molar-refractivity contribution >= 4 is 11.7 Å². The summed E-state index contributed by atoms with van der Waals surface area (Å²) in [5.41, 5.74) is 2.47. The SMILES string of the molecule is CN(C)c1cc(CNC(=O)Cc2ccc3c(c2)OCCO3)nc(-c2ccncc2)n1. The lowest BCUT2D eigenvalue weighted by Crippen LogP contribution is -2.25. The number of carbonyl (C=O) groups excluding carboxylic acids is 1. The Morgan fingerprint density at radius 1 is 1.03 bits per heavy atom. The molecule has 3 aromatic rings. The van der Waals surface area contributed by atoms with Crippen LogP contribution in [0.1, 0.15) is 11.3 Å². The van der Waals surface area contributed by atoms with Gasteiger partial charge in [0.15, 0.2) is 17.3 Å². The van der Waals surface area contributed by atoms with Crippen molar-refractivity contribution in [3.8, 4) is 22.9 Å². The van der Waals surface area contributed by atoms with Crippen LogP contribution >= 0.6 is 0 Å². The van der Waals surface area contributed by atoms with E-state index in [4.69, 9.17) is 9.47 Å². The van der Waals surface area contributed by atoms with Crippen molar-refractivity contribution in [1.82, 2.24) is 20.3 Å². The first-order valence-corrected chi connectivity index (χ1v) is 9.69. The molecule has 0 unspecified atom stereocenters. The fraction of sp³-hybridized carbons (Fsp3) is 0.273. The molecule has 0 radical (unpaired) electrons. The van der Waals surface area contributed by atoms with Crippen LogP contribution in [-0.2, 0) is 17.8 Å². The molecule has 8 nitrogen and oxygen atoms in total. The van der Waals surface area contributed by atoms with E-state index in [0.717, 1.165) is 22.6 Å². The molecule has 1 amide bonds. The summed E-state index contributed by atoms with van der Waals surface area (Å²) in [7, 11) is 3.84. The van der Waals surface area contributed by atoms with E-state index in [0.29, 0.717) is 37.1 Å². The van der Waals surface area contributed by atoms with Gasteiger partial charge in [-0.1, -0.05) is 6.07 Å².